The molecule has 1 atom stereocenters. The second kappa shape index (κ2) is 8.89. The fraction of sp³-hybridized carbons (Fsp3) is 0.421. The zero-order valence-corrected chi connectivity index (χ0v) is 16.3. The van der Waals surface area contributed by atoms with Gasteiger partial charge in [-0.15, -0.1) is 0 Å². The van der Waals surface area contributed by atoms with E-state index in [0.717, 1.165) is 11.1 Å². The lowest BCUT2D eigenvalue weighted by Gasteiger charge is -2.20. The number of carbonyl (C=O) groups is 3. The SMILES string of the molecule is CCOC(=O)/C=C1\SCC(=O)N1CC(=O)N[C@H](C)c1ccc(C)c(C)c1. The minimum Gasteiger partial charge on any atom is -0.463 e. The van der Waals surface area contributed by atoms with E-state index in [1.165, 1.54) is 28.3 Å². The second-order valence-electron chi connectivity index (χ2n) is 6.14. The summed E-state index contributed by atoms with van der Waals surface area (Å²) in [6.45, 7) is 7.82. The fourth-order valence-corrected chi connectivity index (χ4v) is 3.46. The summed E-state index contributed by atoms with van der Waals surface area (Å²) in [5.74, 6) is -0.773. The molecule has 1 heterocycles. The van der Waals surface area contributed by atoms with Gasteiger partial charge in [0.2, 0.25) is 11.8 Å². The Bertz CT molecular complexity index is 745. The average Bonchev–Trinajstić information content (AvgIpc) is 2.90. The highest BCUT2D eigenvalue weighted by Crippen LogP contribution is 2.28. The van der Waals surface area contributed by atoms with Crippen LogP contribution in [0.1, 0.15) is 36.6 Å². The zero-order valence-electron chi connectivity index (χ0n) is 15.5. The van der Waals surface area contributed by atoms with Crippen LogP contribution < -0.4 is 5.32 Å². The van der Waals surface area contributed by atoms with E-state index in [9.17, 15) is 14.4 Å². The largest absolute Gasteiger partial charge is 0.463 e. The smallest absolute Gasteiger partial charge is 0.333 e. The first-order valence-electron chi connectivity index (χ1n) is 8.50. The molecule has 0 saturated carbocycles. The molecule has 0 radical (unpaired) electrons. The van der Waals surface area contributed by atoms with Gasteiger partial charge in [0.1, 0.15) is 6.54 Å². The maximum absolute atomic E-state index is 12.4. The number of ether oxygens (including phenoxy) is 1. The minimum absolute atomic E-state index is 0.119. The van der Waals surface area contributed by atoms with Crippen LogP contribution in [0.2, 0.25) is 0 Å². The molecule has 1 fully saturated rings. The number of rotatable bonds is 6. The lowest BCUT2D eigenvalue weighted by Crippen LogP contribution is -2.38. The number of nitrogens with zero attached hydrogens (tertiary/aromatic N) is 1. The van der Waals surface area contributed by atoms with Crippen molar-refractivity contribution in [1.29, 1.82) is 0 Å². The van der Waals surface area contributed by atoms with Crippen LogP contribution in [0.5, 0.6) is 0 Å². The molecule has 140 valence electrons. The molecule has 0 aliphatic carbocycles. The van der Waals surface area contributed by atoms with Gasteiger partial charge in [0.25, 0.3) is 0 Å². The van der Waals surface area contributed by atoms with E-state index in [4.69, 9.17) is 4.74 Å². The first-order valence-corrected chi connectivity index (χ1v) is 9.48. The number of aryl methyl sites for hydroxylation is 2. The average molecular weight is 376 g/mol. The van der Waals surface area contributed by atoms with Crippen molar-refractivity contribution < 1.29 is 19.1 Å². The fourth-order valence-electron chi connectivity index (χ4n) is 2.53. The van der Waals surface area contributed by atoms with E-state index in [2.05, 4.69) is 5.32 Å². The number of benzene rings is 1. The molecule has 2 rings (SSSR count). The molecule has 1 N–H and O–H groups in total. The van der Waals surface area contributed by atoms with Crippen molar-refractivity contribution in [3.8, 4) is 0 Å². The number of nitrogens with one attached hydrogen (secondary N) is 1. The Kier molecular flexibility index (Phi) is 6.85. The second-order valence-corrected chi connectivity index (χ2v) is 7.13. The molecule has 0 unspecified atom stereocenters. The third kappa shape index (κ3) is 5.11. The van der Waals surface area contributed by atoms with E-state index in [1.807, 2.05) is 39.0 Å². The normalized spacial score (nSPS) is 16.7. The highest BCUT2D eigenvalue weighted by atomic mass is 32.2. The van der Waals surface area contributed by atoms with Gasteiger partial charge in [-0.1, -0.05) is 30.0 Å². The van der Waals surface area contributed by atoms with E-state index < -0.39 is 5.97 Å². The topological polar surface area (TPSA) is 75.7 Å². The van der Waals surface area contributed by atoms with Gasteiger partial charge in [0.05, 0.1) is 29.5 Å². The number of carbonyl (C=O) groups excluding carboxylic acids is 3. The Balaban J connectivity index is 2.01. The molecule has 7 heteroatoms. The van der Waals surface area contributed by atoms with Crippen LogP contribution in [0.3, 0.4) is 0 Å². The van der Waals surface area contributed by atoms with Gasteiger partial charge in [-0.2, -0.15) is 0 Å². The van der Waals surface area contributed by atoms with Crippen molar-refractivity contribution in [2.75, 3.05) is 18.9 Å². The third-order valence-corrected chi connectivity index (χ3v) is 5.17. The van der Waals surface area contributed by atoms with E-state index in [1.54, 1.807) is 6.92 Å². The van der Waals surface area contributed by atoms with Crippen LogP contribution in [0, 0.1) is 13.8 Å². The maximum atomic E-state index is 12.4. The molecule has 2 amide bonds. The molecular formula is C19H24N2O4S. The highest BCUT2D eigenvalue weighted by Gasteiger charge is 2.29. The van der Waals surface area contributed by atoms with E-state index in [-0.39, 0.29) is 36.8 Å². The first kappa shape index (κ1) is 20.0. The van der Waals surface area contributed by atoms with Crippen LogP contribution in [0.15, 0.2) is 29.3 Å². The quantitative estimate of drug-likeness (QED) is 0.610. The number of hydrogen-bond acceptors (Lipinski definition) is 5. The molecule has 1 saturated heterocycles. The van der Waals surface area contributed by atoms with Crippen molar-refractivity contribution in [1.82, 2.24) is 10.2 Å². The van der Waals surface area contributed by atoms with Crippen LogP contribution in [0.25, 0.3) is 0 Å². The monoisotopic (exact) mass is 376 g/mol. The van der Waals surface area contributed by atoms with Crippen LogP contribution in [0.4, 0.5) is 0 Å². The Morgan fingerprint density at radius 2 is 2.08 bits per heavy atom. The van der Waals surface area contributed by atoms with Gasteiger partial charge in [0.15, 0.2) is 0 Å². The standard InChI is InChI=1S/C19H24N2O4S/c1-5-25-19(24)9-18-21(17(23)11-26-18)10-16(22)20-14(4)15-7-6-12(2)13(3)8-15/h6-9,14H,5,10-11H2,1-4H3,(H,20,22)/b18-9-/t14-/m1/s1. The zero-order chi connectivity index (χ0) is 19.3. The van der Waals surface area contributed by atoms with Gasteiger partial charge in [-0.25, -0.2) is 4.79 Å². The first-order chi connectivity index (χ1) is 12.3. The molecule has 0 spiro atoms. The molecule has 1 aromatic carbocycles. The van der Waals surface area contributed by atoms with Crippen molar-refractivity contribution in [3.05, 3.63) is 46.0 Å². The number of thioether (sulfide) groups is 1. The summed E-state index contributed by atoms with van der Waals surface area (Å²) in [7, 11) is 0. The minimum atomic E-state index is -0.515. The number of hydrogen-bond donors (Lipinski definition) is 1. The predicted molar refractivity (Wildman–Crippen MR) is 101 cm³/mol. The van der Waals surface area contributed by atoms with Crippen molar-refractivity contribution in [3.63, 3.8) is 0 Å². The predicted octanol–water partition coefficient (Wildman–Crippen LogP) is 2.46. The molecule has 0 bridgehead atoms. The Hall–Kier alpha value is -2.28. The summed E-state index contributed by atoms with van der Waals surface area (Å²) in [6, 6.07) is 5.87. The van der Waals surface area contributed by atoms with Gasteiger partial charge >= 0.3 is 5.97 Å². The van der Waals surface area contributed by atoms with Crippen molar-refractivity contribution >= 4 is 29.5 Å². The molecule has 1 aromatic rings. The molecule has 1 aliphatic heterocycles. The summed E-state index contributed by atoms with van der Waals surface area (Å²) in [5.41, 5.74) is 3.36. The van der Waals surface area contributed by atoms with Crippen LogP contribution in [-0.2, 0) is 19.1 Å². The Morgan fingerprint density at radius 3 is 2.73 bits per heavy atom. The van der Waals surface area contributed by atoms with Gasteiger partial charge < -0.3 is 10.1 Å². The highest BCUT2D eigenvalue weighted by molar-refractivity contribution is 8.04. The lowest BCUT2D eigenvalue weighted by molar-refractivity contribution is -0.137. The molecule has 0 aromatic heterocycles. The maximum Gasteiger partial charge on any atom is 0.333 e. The number of esters is 1. The molecule has 1 aliphatic rings. The summed E-state index contributed by atoms with van der Waals surface area (Å²) < 4.78 is 4.87. The summed E-state index contributed by atoms with van der Waals surface area (Å²) >= 11 is 1.23. The van der Waals surface area contributed by atoms with Crippen molar-refractivity contribution in [2.24, 2.45) is 0 Å². The van der Waals surface area contributed by atoms with Gasteiger partial charge in [0, 0.05) is 0 Å². The molecule has 26 heavy (non-hydrogen) atoms. The van der Waals surface area contributed by atoms with Crippen LogP contribution in [-0.4, -0.2) is 41.6 Å². The molecule has 6 nitrogen and oxygen atoms in total. The van der Waals surface area contributed by atoms with Gasteiger partial charge in [-0.05, 0) is 44.4 Å². The Morgan fingerprint density at radius 1 is 1.35 bits per heavy atom. The summed E-state index contributed by atoms with van der Waals surface area (Å²) in [5, 5.41) is 3.35. The van der Waals surface area contributed by atoms with E-state index >= 15 is 0 Å². The summed E-state index contributed by atoms with van der Waals surface area (Å²) in [4.78, 5) is 37.3. The van der Waals surface area contributed by atoms with E-state index in [0.29, 0.717) is 5.03 Å². The van der Waals surface area contributed by atoms with Crippen LogP contribution >= 0.6 is 11.8 Å². The van der Waals surface area contributed by atoms with Gasteiger partial charge in [-0.3, -0.25) is 14.5 Å². The third-order valence-electron chi connectivity index (χ3n) is 4.15. The number of amides is 2. The summed E-state index contributed by atoms with van der Waals surface area (Å²) in [6.07, 6.45) is 1.26. The van der Waals surface area contributed by atoms with Crippen molar-refractivity contribution in [2.45, 2.75) is 33.7 Å². The molecular weight excluding hydrogens is 352 g/mol. The Labute approximate surface area is 158 Å². The lowest BCUT2D eigenvalue weighted by atomic mass is 10.0.